The summed E-state index contributed by atoms with van der Waals surface area (Å²) in [5.74, 6) is -0.698. The Labute approximate surface area is 100 Å². The highest BCUT2D eigenvalue weighted by atomic mass is 32.1. The number of hydrogen-bond acceptors (Lipinski definition) is 3. The largest absolute Gasteiger partial charge is 0.480 e. The van der Waals surface area contributed by atoms with Crippen molar-refractivity contribution in [2.24, 2.45) is 5.92 Å². The maximum absolute atomic E-state index is 11.1. The summed E-state index contributed by atoms with van der Waals surface area (Å²) < 4.78 is 0. The van der Waals surface area contributed by atoms with E-state index in [0.29, 0.717) is 0 Å². The van der Waals surface area contributed by atoms with Crippen LogP contribution >= 0.6 is 11.3 Å². The zero-order valence-corrected chi connectivity index (χ0v) is 11.0. The summed E-state index contributed by atoms with van der Waals surface area (Å²) in [5, 5.41) is 14.3. The van der Waals surface area contributed by atoms with E-state index in [0.717, 1.165) is 0 Å². The van der Waals surface area contributed by atoms with Crippen molar-refractivity contribution < 1.29 is 9.90 Å². The standard InChI is InChI=1S/C12H19NO2S/c1-7(2)10(12(14)15)13-9(4)11-8(3)5-6-16-11/h5-7,9-10,13H,1-4H3,(H,14,15). The van der Waals surface area contributed by atoms with Gasteiger partial charge in [-0.15, -0.1) is 11.3 Å². The number of hydrogen-bond donors (Lipinski definition) is 2. The van der Waals surface area contributed by atoms with Gasteiger partial charge < -0.3 is 5.11 Å². The van der Waals surface area contributed by atoms with Gasteiger partial charge in [0.2, 0.25) is 0 Å². The number of aliphatic carboxylic acids is 1. The van der Waals surface area contributed by atoms with Gasteiger partial charge in [0.05, 0.1) is 0 Å². The highest BCUT2D eigenvalue weighted by Crippen LogP contribution is 2.24. The highest BCUT2D eigenvalue weighted by Gasteiger charge is 2.24. The Bertz CT molecular complexity index is 360. The molecule has 0 aromatic carbocycles. The number of thiophene rings is 1. The van der Waals surface area contributed by atoms with Crippen LogP contribution in [0, 0.1) is 12.8 Å². The van der Waals surface area contributed by atoms with Gasteiger partial charge in [-0.05, 0) is 36.8 Å². The Balaban J connectivity index is 2.73. The molecule has 0 aliphatic carbocycles. The Hall–Kier alpha value is -0.870. The molecule has 4 heteroatoms. The number of carbonyl (C=O) groups is 1. The lowest BCUT2D eigenvalue weighted by atomic mass is 10.0. The maximum atomic E-state index is 11.1. The van der Waals surface area contributed by atoms with E-state index in [1.54, 1.807) is 11.3 Å². The molecule has 0 aliphatic heterocycles. The lowest BCUT2D eigenvalue weighted by molar-refractivity contribution is -0.140. The van der Waals surface area contributed by atoms with Crippen LogP contribution in [0.15, 0.2) is 11.4 Å². The SMILES string of the molecule is Cc1ccsc1C(C)NC(C(=O)O)C(C)C. The first-order chi connectivity index (χ1) is 7.43. The van der Waals surface area contributed by atoms with Crippen LogP contribution in [0.1, 0.15) is 37.3 Å². The lowest BCUT2D eigenvalue weighted by Gasteiger charge is -2.22. The molecular weight excluding hydrogens is 222 g/mol. The number of carboxylic acid groups (broad SMARTS) is 1. The number of aryl methyl sites for hydroxylation is 1. The average Bonchev–Trinajstić information content (AvgIpc) is 2.59. The third-order valence-corrected chi connectivity index (χ3v) is 3.86. The van der Waals surface area contributed by atoms with Crippen LogP contribution in [0.5, 0.6) is 0 Å². The predicted molar refractivity (Wildman–Crippen MR) is 66.9 cm³/mol. The first kappa shape index (κ1) is 13.2. The van der Waals surface area contributed by atoms with Gasteiger partial charge in [-0.25, -0.2) is 0 Å². The van der Waals surface area contributed by atoms with Gasteiger partial charge >= 0.3 is 5.97 Å². The zero-order valence-electron chi connectivity index (χ0n) is 10.2. The van der Waals surface area contributed by atoms with E-state index in [1.165, 1.54) is 10.4 Å². The van der Waals surface area contributed by atoms with Gasteiger partial charge in [0, 0.05) is 10.9 Å². The topological polar surface area (TPSA) is 49.3 Å². The lowest BCUT2D eigenvalue weighted by Crippen LogP contribution is -2.42. The first-order valence-electron chi connectivity index (χ1n) is 5.46. The van der Waals surface area contributed by atoms with Crippen LogP contribution in [0.25, 0.3) is 0 Å². The second-order valence-corrected chi connectivity index (χ2v) is 5.36. The molecule has 0 bridgehead atoms. The molecule has 1 aromatic heterocycles. The number of carboxylic acids is 1. The Morgan fingerprint density at radius 3 is 2.44 bits per heavy atom. The number of nitrogens with one attached hydrogen (secondary N) is 1. The minimum Gasteiger partial charge on any atom is -0.480 e. The molecule has 0 saturated carbocycles. The minimum absolute atomic E-state index is 0.0835. The monoisotopic (exact) mass is 241 g/mol. The molecule has 0 spiro atoms. The zero-order chi connectivity index (χ0) is 12.3. The third kappa shape index (κ3) is 3.06. The van der Waals surface area contributed by atoms with Crippen LogP contribution in [0.4, 0.5) is 0 Å². The predicted octanol–water partition coefficient (Wildman–Crippen LogP) is 2.82. The van der Waals surface area contributed by atoms with E-state index >= 15 is 0 Å². The van der Waals surface area contributed by atoms with Crippen LogP contribution in [-0.4, -0.2) is 17.1 Å². The van der Waals surface area contributed by atoms with Crippen molar-refractivity contribution in [3.8, 4) is 0 Å². The average molecular weight is 241 g/mol. The van der Waals surface area contributed by atoms with Gasteiger partial charge in [0.25, 0.3) is 0 Å². The Morgan fingerprint density at radius 1 is 1.44 bits per heavy atom. The van der Waals surface area contributed by atoms with Crippen molar-refractivity contribution in [3.05, 3.63) is 21.9 Å². The maximum Gasteiger partial charge on any atom is 0.320 e. The molecule has 3 nitrogen and oxygen atoms in total. The smallest absolute Gasteiger partial charge is 0.320 e. The second kappa shape index (κ2) is 5.46. The van der Waals surface area contributed by atoms with E-state index in [-0.39, 0.29) is 12.0 Å². The molecule has 0 amide bonds. The first-order valence-corrected chi connectivity index (χ1v) is 6.34. The van der Waals surface area contributed by atoms with Crippen LogP contribution in [-0.2, 0) is 4.79 Å². The van der Waals surface area contributed by atoms with E-state index < -0.39 is 12.0 Å². The van der Waals surface area contributed by atoms with Crippen molar-refractivity contribution in [2.75, 3.05) is 0 Å². The van der Waals surface area contributed by atoms with E-state index in [4.69, 9.17) is 5.11 Å². The molecule has 2 unspecified atom stereocenters. The van der Waals surface area contributed by atoms with Gasteiger partial charge in [-0.1, -0.05) is 13.8 Å². The van der Waals surface area contributed by atoms with Crippen molar-refractivity contribution >= 4 is 17.3 Å². The van der Waals surface area contributed by atoms with Gasteiger partial charge in [-0.2, -0.15) is 0 Å². The van der Waals surface area contributed by atoms with Crippen molar-refractivity contribution in [3.63, 3.8) is 0 Å². The normalized spacial score (nSPS) is 15.1. The molecule has 1 heterocycles. The molecule has 0 fully saturated rings. The third-order valence-electron chi connectivity index (χ3n) is 2.66. The van der Waals surface area contributed by atoms with E-state index in [9.17, 15) is 4.79 Å². The minimum atomic E-state index is -0.781. The molecule has 16 heavy (non-hydrogen) atoms. The molecule has 2 atom stereocenters. The van der Waals surface area contributed by atoms with Gasteiger partial charge in [-0.3, -0.25) is 10.1 Å². The van der Waals surface area contributed by atoms with Crippen LogP contribution in [0.3, 0.4) is 0 Å². The van der Waals surface area contributed by atoms with E-state index in [2.05, 4.69) is 18.3 Å². The summed E-state index contributed by atoms with van der Waals surface area (Å²) in [6.45, 7) is 7.89. The van der Waals surface area contributed by atoms with Crippen molar-refractivity contribution in [1.82, 2.24) is 5.32 Å². The summed E-state index contributed by atoms with van der Waals surface area (Å²) in [6, 6.07) is 1.66. The summed E-state index contributed by atoms with van der Waals surface area (Å²) in [4.78, 5) is 12.3. The molecule has 0 aliphatic rings. The molecule has 2 N–H and O–H groups in total. The Morgan fingerprint density at radius 2 is 2.06 bits per heavy atom. The number of rotatable bonds is 5. The van der Waals surface area contributed by atoms with Crippen LogP contribution < -0.4 is 5.32 Å². The van der Waals surface area contributed by atoms with Crippen molar-refractivity contribution in [1.29, 1.82) is 0 Å². The fourth-order valence-electron chi connectivity index (χ4n) is 1.72. The second-order valence-electron chi connectivity index (χ2n) is 4.42. The fraction of sp³-hybridized carbons (Fsp3) is 0.583. The molecule has 1 aromatic rings. The summed E-state index contributed by atoms with van der Waals surface area (Å²) in [7, 11) is 0. The van der Waals surface area contributed by atoms with Gasteiger partial charge in [0.1, 0.15) is 6.04 Å². The summed E-state index contributed by atoms with van der Waals surface area (Å²) >= 11 is 1.67. The quantitative estimate of drug-likeness (QED) is 0.833. The highest BCUT2D eigenvalue weighted by molar-refractivity contribution is 7.10. The van der Waals surface area contributed by atoms with Crippen molar-refractivity contribution in [2.45, 2.75) is 39.8 Å². The summed E-state index contributed by atoms with van der Waals surface area (Å²) in [6.07, 6.45) is 0. The van der Waals surface area contributed by atoms with E-state index in [1.807, 2.05) is 26.2 Å². The molecular formula is C12H19NO2S. The molecule has 90 valence electrons. The molecule has 1 rings (SSSR count). The fourth-order valence-corrected chi connectivity index (χ4v) is 2.67. The Kier molecular flexibility index (Phi) is 4.50. The van der Waals surface area contributed by atoms with Gasteiger partial charge in [0.15, 0.2) is 0 Å². The summed E-state index contributed by atoms with van der Waals surface area (Å²) in [5.41, 5.74) is 1.22. The molecule has 0 radical (unpaired) electrons. The molecule has 0 saturated heterocycles. The van der Waals surface area contributed by atoms with Crippen LogP contribution in [0.2, 0.25) is 0 Å².